The average Bonchev–Trinajstić information content (AvgIpc) is 2.57. The molecule has 0 amide bonds. The summed E-state index contributed by atoms with van der Waals surface area (Å²) in [6.07, 6.45) is 3.12. The van der Waals surface area contributed by atoms with Gasteiger partial charge in [0.05, 0.1) is 17.9 Å². The van der Waals surface area contributed by atoms with Crippen LogP contribution in [0.5, 0.6) is 0 Å². The topological polar surface area (TPSA) is 59.4 Å². The van der Waals surface area contributed by atoms with Crippen molar-refractivity contribution in [2.75, 3.05) is 26.5 Å². The smallest absolute Gasteiger partial charge is 0.221 e. The molecule has 1 aliphatic heterocycles. The molecule has 8 heteroatoms. The number of rotatable bonds is 5. The molecule has 1 N–H and O–H groups in total. The number of allylic oxidation sites excluding steroid dienone is 1. The van der Waals surface area contributed by atoms with Crippen molar-refractivity contribution in [2.45, 2.75) is 6.54 Å². The lowest BCUT2D eigenvalue weighted by Gasteiger charge is -2.28. The molecule has 1 aromatic rings. The first kappa shape index (κ1) is 18.6. The third kappa shape index (κ3) is 3.84. The predicted octanol–water partition coefficient (Wildman–Crippen LogP) is 3.56. The fourth-order valence-electron chi connectivity index (χ4n) is 2.33. The molecule has 2 rings (SSSR count). The van der Waals surface area contributed by atoms with Crippen LogP contribution in [0.3, 0.4) is 0 Å². The molecular formula is C16H16FIN4OS. The van der Waals surface area contributed by atoms with E-state index in [9.17, 15) is 14.4 Å². The van der Waals surface area contributed by atoms with Gasteiger partial charge in [-0.25, -0.2) is 4.39 Å². The fourth-order valence-corrected chi connectivity index (χ4v) is 3.78. The van der Waals surface area contributed by atoms with Crippen LogP contribution in [-0.4, -0.2) is 36.1 Å². The van der Waals surface area contributed by atoms with Crippen molar-refractivity contribution >= 4 is 47.9 Å². The monoisotopic (exact) mass is 458 g/mol. The maximum Gasteiger partial charge on any atom is 0.221 e. The zero-order chi connectivity index (χ0) is 17.9. The minimum atomic E-state index is -0.376. The molecule has 5 nitrogen and oxygen atoms in total. The van der Waals surface area contributed by atoms with Crippen molar-refractivity contribution in [1.29, 1.82) is 5.26 Å². The number of hydrogen-bond acceptors (Lipinski definition) is 6. The summed E-state index contributed by atoms with van der Waals surface area (Å²) in [4.78, 5) is 14.3. The maximum atomic E-state index is 14.0. The molecule has 0 saturated carbocycles. The summed E-state index contributed by atoms with van der Waals surface area (Å²) in [7, 11) is 6.51. The zero-order valence-electron chi connectivity index (χ0n) is 13.4. The lowest BCUT2D eigenvalue weighted by molar-refractivity contribution is -0.112. The van der Waals surface area contributed by atoms with Gasteiger partial charge < -0.3 is 10.2 Å². The Morgan fingerprint density at radius 1 is 1.54 bits per heavy atom. The molecule has 0 aliphatic carbocycles. The van der Waals surface area contributed by atoms with E-state index in [2.05, 4.69) is 26.5 Å². The SMILES string of the molecule is CNc1cc2c(cc1F)C=C(C(=O)/C(C#N)=C/N(C)C)N(SI)C2. The second-order valence-electron chi connectivity index (χ2n) is 5.36. The van der Waals surface area contributed by atoms with Crippen LogP contribution in [0.25, 0.3) is 6.08 Å². The number of benzene rings is 1. The summed E-state index contributed by atoms with van der Waals surface area (Å²) >= 11 is 2.09. The molecule has 126 valence electrons. The van der Waals surface area contributed by atoms with Gasteiger partial charge in [0.25, 0.3) is 0 Å². The second-order valence-corrected chi connectivity index (χ2v) is 7.12. The Morgan fingerprint density at radius 2 is 2.25 bits per heavy atom. The normalized spacial score (nSPS) is 13.8. The fraction of sp³-hybridized carbons (Fsp3) is 0.250. The summed E-state index contributed by atoms with van der Waals surface area (Å²) in [6, 6.07) is 5.08. The Morgan fingerprint density at radius 3 is 2.79 bits per heavy atom. The first-order valence-corrected chi connectivity index (χ1v) is 10.3. The van der Waals surface area contributed by atoms with Crippen LogP contribution in [0.1, 0.15) is 11.1 Å². The summed E-state index contributed by atoms with van der Waals surface area (Å²) in [6.45, 7) is 0.455. The van der Waals surface area contributed by atoms with Crippen LogP contribution in [0, 0.1) is 17.1 Å². The number of Topliss-reactive ketones (excluding diaryl/α,β-unsaturated/α-hetero) is 1. The minimum absolute atomic E-state index is 0.0393. The number of fused-ring (bicyclic) bond motifs is 1. The molecule has 1 aliphatic rings. The number of nitrogens with one attached hydrogen (secondary N) is 1. The van der Waals surface area contributed by atoms with Gasteiger partial charge in [0.2, 0.25) is 5.78 Å². The molecule has 0 unspecified atom stereocenters. The summed E-state index contributed by atoms with van der Waals surface area (Å²) < 4.78 is 15.8. The maximum absolute atomic E-state index is 14.0. The molecular weight excluding hydrogens is 442 g/mol. The molecule has 0 spiro atoms. The molecule has 0 fully saturated rings. The van der Waals surface area contributed by atoms with Gasteiger partial charge in [-0.05, 0) is 29.3 Å². The van der Waals surface area contributed by atoms with Gasteiger partial charge in [-0.2, -0.15) is 5.26 Å². The van der Waals surface area contributed by atoms with E-state index in [0.717, 1.165) is 5.56 Å². The number of carbonyl (C=O) groups is 1. The van der Waals surface area contributed by atoms with Gasteiger partial charge in [0.1, 0.15) is 17.5 Å². The van der Waals surface area contributed by atoms with E-state index in [-0.39, 0.29) is 17.2 Å². The average molecular weight is 458 g/mol. The molecule has 1 heterocycles. The molecule has 24 heavy (non-hydrogen) atoms. The highest BCUT2D eigenvalue weighted by molar-refractivity contribution is 14.2. The Balaban J connectivity index is 2.51. The highest BCUT2D eigenvalue weighted by Crippen LogP contribution is 2.36. The van der Waals surface area contributed by atoms with Crippen LogP contribution in [0.2, 0.25) is 0 Å². The number of hydrogen-bond donors (Lipinski definition) is 1. The molecule has 0 atom stereocenters. The van der Waals surface area contributed by atoms with Gasteiger partial charge >= 0.3 is 0 Å². The van der Waals surface area contributed by atoms with Gasteiger partial charge in [0, 0.05) is 57.7 Å². The number of ketones is 1. The van der Waals surface area contributed by atoms with Crippen molar-refractivity contribution in [1.82, 2.24) is 9.21 Å². The van der Waals surface area contributed by atoms with Crippen LogP contribution in [0.4, 0.5) is 10.1 Å². The molecule has 1 aromatic carbocycles. The van der Waals surface area contributed by atoms with Crippen molar-refractivity contribution in [2.24, 2.45) is 0 Å². The zero-order valence-corrected chi connectivity index (χ0v) is 16.4. The predicted molar refractivity (Wildman–Crippen MR) is 103 cm³/mol. The van der Waals surface area contributed by atoms with Gasteiger partial charge in [-0.3, -0.25) is 9.10 Å². The van der Waals surface area contributed by atoms with Crippen molar-refractivity contribution in [3.8, 4) is 6.07 Å². The van der Waals surface area contributed by atoms with E-state index in [1.807, 2.05) is 6.07 Å². The number of nitriles is 1. The molecule has 0 aromatic heterocycles. The lowest BCUT2D eigenvalue weighted by Crippen LogP contribution is -2.25. The van der Waals surface area contributed by atoms with Crippen LogP contribution in [-0.2, 0) is 11.3 Å². The van der Waals surface area contributed by atoms with Crippen LogP contribution in [0.15, 0.2) is 29.6 Å². The third-order valence-corrected chi connectivity index (χ3v) is 5.36. The van der Waals surface area contributed by atoms with Gasteiger partial charge in [-0.15, -0.1) is 0 Å². The Hall–Kier alpha value is -1.73. The second kappa shape index (κ2) is 7.90. The van der Waals surface area contributed by atoms with E-state index >= 15 is 0 Å². The largest absolute Gasteiger partial charge is 0.386 e. The molecule has 0 radical (unpaired) electrons. The third-order valence-electron chi connectivity index (χ3n) is 3.44. The van der Waals surface area contributed by atoms with E-state index in [0.29, 0.717) is 23.5 Å². The van der Waals surface area contributed by atoms with Crippen molar-refractivity contribution < 1.29 is 9.18 Å². The number of nitrogens with zero attached hydrogens (tertiary/aromatic N) is 3. The van der Waals surface area contributed by atoms with Crippen LogP contribution < -0.4 is 5.32 Å². The van der Waals surface area contributed by atoms with Crippen molar-refractivity contribution in [3.63, 3.8) is 0 Å². The van der Waals surface area contributed by atoms with Gasteiger partial charge in [0.15, 0.2) is 0 Å². The number of halogens is 2. The quantitative estimate of drug-likeness (QED) is 0.315. The van der Waals surface area contributed by atoms with E-state index in [4.69, 9.17) is 0 Å². The first-order valence-electron chi connectivity index (χ1n) is 7.02. The molecule has 0 bridgehead atoms. The minimum Gasteiger partial charge on any atom is -0.386 e. The molecule has 0 saturated heterocycles. The van der Waals surface area contributed by atoms with E-state index in [1.54, 1.807) is 42.5 Å². The van der Waals surface area contributed by atoms with Gasteiger partial charge in [-0.1, -0.05) is 0 Å². The number of anilines is 1. The van der Waals surface area contributed by atoms with Crippen molar-refractivity contribution in [3.05, 3.63) is 46.5 Å². The lowest BCUT2D eigenvalue weighted by atomic mass is 9.98. The standard InChI is InChI=1S/C16H16FIN4OS/c1-20-14-5-11-9-22(24-18)15(6-10(11)4-13(14)17)16(23)12(7-19)8-21(2)3/h4-6,8,20H,9H2,1-3H3/b12-8+. The summed E-state index contributed by atoms with van der Waals surface area (Å²) in [5, 5.41) is 12.1. The van der Waals surface area contributed by atoms with E-state index < -0.39 is 0 Å². The number of carbonyl (C=O) groups excluding carboxylic acids is 1. The van der Waals surface area contributed by atoms with E-state index in [1.165, 1.54) is 21.4 Å². The summed E-state index contributed by atoms with van der Waals surface area (Å²) in [5.41, 5.74) is 2.39. The highest BCUT2D eigenvalue weighted by Gasteiger charge is 2.27. The Bertz CT molecular complexity index is 770. The first-order chi connectivity index (χ1) is 11.4. The highest BCUT2D eigenvalue weighted by atomic mass is 127. The summed E-state index contributed by atoms with van der Waals surface area (Å²) in [5.74, 6) is -0.752. The Labute approximate surface area is 156 Å². The Kier molecular flexibility index (Phi) is 6.12. The van der Waals surface area contributed by atoms with Crippen LogP contribution >= 0.6 is 30.3 Å².